The van der Waals surface area contributed by atoms with Gasteiger partial charge in [0.1, 0.15) is 0 Å². The van der Waals surface area contributed by atoms with Crippen molar-refractivity contribution in [1.82, 2.24) is 0 Å². The number of carbonyl (C=O) groups is 1. The van der Waals surface area contributed by atoms with Crippen LogP contribution in [-0.2, 0) is 9.53 Å². The molecule has 0 amide bonds. The van der Waals surface area contributed by atoms with E-state index in [9.17, 15) is 4.79 Å². The summed E-state index contributed by atoms with van der Waals surface area (Å²) in [6.45, 7) is 3.43. The van der Waals surface area contributed by atoms with Gasteiger partial charge in [-0.1, -0.05) is 51.2 Å². The van der Waals surface area contributed by atoms with E-state index in [0.717, 1.165) is 6.42 Å². The highest BCUT2D eigenvalue weighted by molar-refractivity contribution is 5.68. The molecule has 120 valence electrons. The van der Waals surface area contributed by atoms with E-state index in [1.165, 1.54) is 51.0 Å². The molecule has 0 aromatic rings. The van der Waals surface area contributed by atoms with Crippen molar-refractivity contribution in [2.75, 3.05) is 13.2 Å². The first kappa shape index (κ1) is 19.7. The van der Waals surface area contributed by atoms with E-state index >= 15 is 0 Å². The van der Waals surface area contributed by atoms with Gasteiger partial charge in [-0.2, -0.15) is 0 Å². The zero-order valence-corrected chi connectivity index (χ0v) is 13.4. The number of rotatable bonds is 14. The lowest BCUT2D eigenvalue weighted by Crippen LogP contribution is -1.92. The van der Waals surface area contributed by atoms with E-state index in [0.29, 0.717) is 13.2 Å². The minimum Gasteiger partial charge on any atom is -0.481 e. The summed E-state index contributed by atoms with van der Waals surface area (Å²) in [6.07, 6.45) is 17.8. The molecule has 0 saturated heterocycles. The number of hydrogen-bond donors (Lipinski definition) is 1. The fourth-order valence-electron chi connectivity index (χ4n) is 1.85. The molecule has 0 atom stereocenters. The van der Waals surface area contributed by atoms with E-state index in [1.54, 1.807) is 6.08 Å². The van der Waals surface area contributed by atoms with Crippen LogP contribution in [0.15, 0.2) is 30.0 Å². The summed E-state index contributed by atoms with van der Waals surface area (Å²) in [7, 11) is 0. The van der Waals surface area contributed by atoms with Crippen molar-refractivity contribution in [2.45, 2.75) is 64.7 Å². The number of ether oxygens (including phenoxy) is 1. The quantitative estimate of drug-likeness (QED) is 0.282. The lowest BCUT2D eigenvalue weighted by molar-refractivity contribution is -0.135. The lowest BCUT2D eigenvalue weighted by Gasteiger charge is -1.98. The van der Waals surface area contributed by atoms with Crippen molar-refractivity contribution in [3.05, 3.63) is 30.0 Å². The van der Waals surface area contributed by atoms with Crippen LogP contribution < -0.4 is 0 Å². The maximum Gasteiger partial charge on any atom is 0.307 e. The largest absolute Gasteiger partial charge is 0.481 e. The monoisotopic (exact) mass is 294 g/mol. The van der Waals surface area contributed by atoms with Gasteiger partial charge < -0.3 is 9.84 Å². The van der Waals surface area contributed by atoms with E-state index in [4.69, 9.17) is 9.84 Å². The summed E-state index contributed by atoms with van der Waals surface area (Å²) in [5, 5.41) is 8.40. The van der Waals surface area contributed by atoms with Crippen LogP contribution in [0.25, 0.3) is 0 Å². The van der Waals surface area contributed by atoms with E-state index < -0.39 is 5.97 Å². The van der Waals surface area contributed by atoms with Gasteiger partial charge in [0, 0.05) is 0 Å². The molecule has 0 aliphatic heterocycles. The van der Waals surface area contributed by atoms with E-state index in [-0.39, 0.29) is 6.42 Å². The Hall–Kier alpha value is -1.31. The first-order chi connectivity index (χ1) is 10.3. The fraction of sp³-hybridized carbons (Fsp3) is 0.667. The third kappa shape index (κ3) is 18.7. The van der Waals surface area contributed by atoms with Crippen molar-refractivity contribution in [3.63, 3.8) is 0 Å². The highest BCUT2D eigenvalue weighted by Crippen LogP contribution is 2.07. The van der Waals surface area contributed by atoms with Crippen LogP contribution in [0.1, 0.15) is 64.7 Å². The van der Waals surface area contributed by atoms with Crippen molar-refractivity contribution in [2.24, 2.45) is 0 Å². The van der Waals surface area contributed by atoms with Crippen LogP contribution in [0.4, 0.5) is 0 Å². The highest BCUT2D eigenvalue weighted by Gasteiger charge is 1.88. The van der Waals surface area contributed by atoms with Crippen LogP contribution >= 0.6 is 0 Å². The molecule has 0 aromatic carbocycles. The number of carboxylic acids is 1. The maximum absolute atomic E-state index is 10.2. The lowest BCUT2D eigenvalue weighted by atomic mass is 10.1. The van der Waals surface area contributed by atoms with Gasteiger partial charge in [0.25, 0.3) is 0 Å². The standard InChI is InChI=1S/C18H30O3/c1-2-3-4-5-6-7-8-9-10-13-16-21-17-14-11-12-15-18(19)20/h9-10,12,14H,2-8,13,15-17H2,1H3,(H,19,20)/b10-9-. The Bertz CT molecular complexity index is 325. The predicted molar refractivity (Wildman–Crippen MR) is 87.5 cm³/mol. The fourth-order valence-corrected chi connectivity index (χ4v) is 1.85. The van der Waals surface area contributed by atoms with Gasteiger partial charge in [-0.05, 0) is 31.4 Å². The smallest absolute Gasteiger partial charge is 0.307 e. The molecule has 0 heterocycles. The van der Waals surface area contributed by atoms with Crippen molar-refractivity contribution >= 4 is 5.97 Å². The molecule has 0 aliphatic carbocycles. The third-order valence-corrected chi connectivity index (χ3v) is 3.03. The number of carboxylic acid groups (broad SMARTS) is 1. The summed E-state index contributed by atoms with van der Waals surface area (Å²) < 4.78 is 5.38. The van der Waals surface area contributed by atoms with Crippen LogP contribution in [0.3, 0.4) is 0 Å². The molecule has 0 radical (unpaired) electrons. The Balaban J connectivity index is 3.25. The topological polar surface area (TPSA) is 46.5 Å². The van der Waals surface area contributed by atoms with Gasteiger partial charge in [-0.15, -0.1) is 5.73 Å². The van der Waals surface area contributed by atoms with Crippen molar-refractivity contribution < 1.29 is 14.6 Å². The van der Waals surface area contributed by atoms with Gasteiger partial charge in [0.2, 0.25) is 0 Å². The number of allylic oxidation sites excluding steroid dienone is 1. The molecule has 0 unspecified atom stereocenters. The van der Waals surface area contributed by atoms with Gasteiger partial charge >= 0.3 is 5.97 Å². The minimum atomic E-state index is -0.840. The molecule has 0 bridgehead atoms. The van der Waals surface area contributed by atoms with Crippen LogP contribution in [0.5, 0.6) is 0 Å². The van der Waals surface area contributed by atoms with Crippen LogP contribution in [0.2, 0.25) is 0 Å². The summed E-state index contributed by atoms with van der Waals surface area (Å²) in [6, 6.07) is 0. The second-order valence-electron chi connectivity index (χ2n) is 5.06. The molecule has 0 saturated carbocycles. The highest BCUT2D eigenvalue weighted by atomic mass is 16.5. The van der Waals surface area contributed by atoms with E-state index in [1.807, 2.05) is 0 Å². The summed E-state index contributed by atoms with van der Waals surface area (Å²) in [4.78, 5) is 10.2. The Kier molecular flexibility index (Phi) is 15.7. The van der Waals surface area contributed by atoms with Gasteiger partial charge in [-0.25, -0.2) is 0 Å². The summed E-state index contributed by atoms with van der Waals surface area (Å²) >= 11 is 0. The number of unbranched alkanes of at least 4 members (excludes halogenated alkanes) is 6. The summed E-state index contributed by atoms with van der Waals surface area (Å²) in [5.74, 6) is -0.840. The van der Waals surface area contributed by atoms with Gasteiger partial charge in [-0.3, -0.25) is 4.79 Å². The molecule has 1 N–H and O–H groups in total. The molecule has 3 nitrogen and oxygen atoms in total. The first-order valence-corrected chi connectivity index (χ1v) is 8.11. The van der Waals surface area contributed by atoms with E-state index in [2.05, 4.69) is 24.8 Å². The number of aliphatic carboxylic acids is 1. The maximum atomic E-state index is 10.2. The average Bonchev–Trinajstić information content (AvgIpc) is 2.46. The molecule has 0 fully saturated rings. The zero-order chi connectivity index (χ0) is 15.6. The SMILES string of the molecule is CCCCCCCC/C=C\CCOCC=C=CCC(=O)O. The Labute approximate surface area is 129 Å². The Morgan fingerprint density at radius 3 is 2.52 bits per heavy atom. The number of hydrogen-bond acceptors (Lipinski definition) is 2. The molecule has 0 aromatic heterocycles. The second kappa shape index (κ2) is 16.7. The summed E-state index contributed by atoms with van der Waals surface area (Å²) in [5.41, 5.74) is 2.78. The molecule has 3 heteroatoms. The van der Waals surface area contributed by atoms with Gasteiger partial charge in [0.15, 0.2) is 0 Å². The molecule has 0 rings (SSSR count). The molecule has 0 spiro atoms. The minimum absolute atomic E-state index is 0.0116. The van der Waals surface area contributed by atoms with Crippen molar-refractivity contribution in [3.8, 4) is 0 Å². The Morgan fingerprint density at radius 2 is 1.76 bits per heavy atom. The van der Waals surface area contributed by atoms with Crippen molar-refractivity contribution in [1.29, 1.82) is 0 Å². The zero-order valence-electron chi connectivity index (χ0n) is 13.4. The molecular weight excluding hydrogens is 264 g/mol. The normalized spacial score (nSPS) is 10.5. The first-order valence-electron chi connectivity index (χ1n) is 8.11. The molecule has 21 heavy (non-hydrogen) atoms. The van der Waals surface area contributed by atoms with Crippen LogP contribution in [-0.4, -0.2) is 24.3 Å². The third-order valence-electron chi connectivity index (χ3n) is 3.03. The molecular formula is C18H30O3. The van der Waals surface area contributed by atoms with Gasteiger partial charge in [0.05, 0.1) is 19.6 Å². The average molecular weight is 294 g/mol. The predicted octanol–water partition coefficient (Wildman–Crippen LogP) is 4.89. The molecule has 0 aliphatic rings. The Morgan fingerprint density at radius 1 is 1.05 bits per heavy atom. The second-order valence-corrected chi connectivity index (χ2v) is 5.06. The van der Waals surface area contributed by atoms with Crippen LogP contribution in [0, 0.1) is 0 Å².